The molecular formula is C17H21ClN2O3S2. The van der Waals surface area contributed by atoms with Gasteiger partial charge in [0.2, 0.25) is 5.91 Å². The van der Waals surface area contributed by atoms with Crippen molar-refractivity contribution in [3.63, 3.8) is 0 Å². The van der Waals surface area contributed by atoms with E-state index in [9.17, 15) is 13.2 Å². The summed E-state index contributed by atoms with van der Waals surface area (Å²) in [5.74, 6) is 0.00994. The molecule has 0 fully saturated rings. The number of hydrogen-bond acceptors (Lipinski definition) is 4. The van der Waals surface area contributed by atoms with Crippen LogP contribution in [0.25, 0.3) is 0 Å². The highest BCUT2D eigenvalue weighted by Crippen LogP contribution is 2.28. The third-order valence-corrected chi connectivity index (χ3v) is 6.55. The highest BCUT2D eigenvalue weighted by Gasteiger charge is 2.20. The van der Waals surface area contributed by atoms with Gasteiger partial charge in [-0.2, -0.15) is 0 Å². The van der Waals surface area contributed by atoms with Crippen molar-refractivity contribution in [3.8, 4) is 0 Å². The first-order valence-corrected chi connectivity index (χ1v) is 10.7. The molecule has 0 saturated heterocycles. The minimum atomic E-state index is -3.72. The molecule has 0 aliphatic carbocycles. The van der Waals surface area contributed by atoms with Gasteiger partial charge in [-0.15, -0.1) is 11.3 Å². The van der Waals surface area contributed by atoms with E-state index in [0.29, 0.717) is 35.7 Å². The van der Waals surface area contributed by atoms with Crippen LogP contribution in [0.15, 0.2) is 34.5 Å². The summed E-state index contributed by atoms with van der Waals surface area (Å²) in [7, 11) is -3.72. The molecule has 5 nitrogen and oxygen atoms in total. The lowest BCUT2D eigenvalue weighted by atomic mass is 10.2. The van der Waals surface area contributed by atoms with Crippen LogP contribution in [-0.4, -0.2) is 20.9 Å². The first-order chi connectivity index (χ1) is 11.8. The van der Waals surface area contributed by atoms with Crippen LogP contribution in [0.3, 0.4) is 0 Å². The van der Waals surface area contributed by atoms with Gasteiger partial charge in [0, 0.05) is 29.3 Å². The van der Waals surface area contributed by atoms with Crippen LogP contribution in [0, 0.1) is 6.92 Å². The number of amides is 1. The number of rotatable bonds is 8. The molecule has 2 N–H and O–H groups in total. The second-order valence-corrected chi connectivity index (χ2v) is 8.63. The molecule has 0 radical (unpaired) electrons. The zero-order chi connectivity index (χ0) is 18.4. The second kappa shape index (κ2) is 8.69. The monoisotopic (exact) mass is 400 g/mol. The number of nitrogens with one attached hydrogen (secondary N) is 2. The average Bonchev–Trinajstić information content (AvgIpc) is 2.96. The van der Waals surface area contributed by atoms with Crippen molar-refractivity contribution in [1.82, 2.24) is 5.32 Å². The van der Waals surface area contributed by atoms with Gasteiger partial charge in [-0.1, -0.05) is 24.6 Å². The van der Waals surface area contributed by atoms with Crippen LogP contribution in [0.1, 0.15) is 30.2 Å². The van der Waals surface area contributed by atoms with Gasteiger partial charge in [-0.25, -0.2) is 8.42 Å². The van der Waals surface area contributed by atoms with Crippen molar-refractivity contribution < 1.29 is 13.2 Å². The Morgan fingerprint density at radius 1 is 1.28 bits per heavy atom. The molecule has 8 heteroatoms. The molecule has 2 aromatic rings. The number of anilines is 1. The summed E-state index contributed by atoms with van der Waals surface area (Å²) in [6.07, 6.45) is 1.87. The molecule has 1 aromatic carbocycles. The topological polar surface area (TPSA) is 75.3 Å². The molecule has 0 aliphatic heterocycles. The van der Waals surface area contributed by atoms with Gasteiger partial charge < -0.3 is 5.32 Å². The van der Waals surface area contributed by atoms with E-state index in [4.69, 9.17) is 11.6 Å². The quantitative estimate of drug-likeness (QED) is 0.703. The molecule has 2 rings (SSSR count). The summed E-state index contributed by atoms with van der Waals surface area (Å²) in [5, 5.41) is 5.07. The molecule has 0 atom stereocenters. The summed E-state index contributed by atoms with van der Waals surface area (Å²) < 4.78 is 27.9. The number of hydrogen-bond donors (Lipinski definition) is 2. The van der Waals surface area contributed by atoms with E-state index in [1.807, 2.05) is 12.3 Å². The van der Waals surface area contributed by atoms with Crippen LogP contribution in [-0.2, 0) is 21.2 Å². The van der Waals surface area contributed by atoms with E-state index >= 15 is 0 Å². The van der Waals surface area contributed by atoms with E-state index in [1.165, 1.54) is 17.4 Å². The normalized spacial score (nSPS) is 11.3. The maximum Gasteiger partial charge on any atom is 0.262 e. The van der Waals surface area contributed by atoms with Gasteiger partial charge in [-0.3, -0.25) is 9.52 Å². The summed E-state index contributed by atoms with van der Waals surface area (Å²) >= 11 is 7.48. The maximum atomic E-state index is 12.7. The first-order valence-electron chi connectivity index (χ1n) is 7.96. The Balaban J connectivity index is 2.09. The molecule has 0 spiro atoms. The van der Waals surface area contributed by atoms with E-state index in [2.05, 4.69) is 10.0 Å². The fraction of sp³-hybridized carbons (Fsp3) is 0.353. The standard InChI is InChI=1S/C17H21ClN2O3S2/c1-3-5-17(21)19-10-8-15-14(9-11-24-15)20-25(22,23)16-7-4-6-13(18)12(16)2/h4,6-7,9,11,20H,3,5,8,10H2,1-2H3,(H,19,21). The number of halogens is 1. The van der Waals surface area contributed by atoms with Crippen LogP contribution in [0.4, 0.5) is 5.69 Å². The van der Waals surface area contributed by atoms with Gasteiger partial charge in [-0.05, 0) is 42.5 Å². The largest absolute Gasteiger partial charge is 0.356 e. The number of thiophene rings is 1. The number of carbonyl (C=O) groups is 1. The molecule has 1 heterocycles. The van der Waals surface area contributed by atoms with Crippen LogP contribution in [0.5, 0.6) is 0 Å². The lowest BCUT2D eigenvalue weighted by Gasteiger charge is -2.12. The molecule has 0 bridgehead atoms. The highest BCUT2D eigenvalue weighted by atomic mass is 35.5. The fourth-order valence-corrected chi connectivity index (χ4v) is 4.83. The van der Waals surface area contributed by atoms with Crippen molar-refractivity contribution in [2.75, 3.05) is 11.3 Å². The Kier molecular flexibility index (Phi) is 6.87. The first kappa shape index (κ1) is 19.8. The fourth-order valence-electron chi connectivity index (χ4n) is 2.33. The lowest BCUT2D eigenvalue weighted by Crippen LogP contribution is -2.25. The summed E-state index contributed by atoms with van der Waals surface area (Å²) in [5.41, 5.74) is 1.05. The van der Waals surface area contributed by atoms with Crippen molar-refractivity contribution >= 4 is 44.6 Å². The van der Waals surface area contributed by atoms with E-state index in [0.717, 1.165) is 11.3 Å². The van der Waals surface area contributed by atoms with Crippen LogP contribution >= 0.6 is 22.9 Å². The van der Waals surface area contributed by atoms with Crippen molar-refractivity contribution in [2.45, 2.75) is 38.0 Å². The van der Waals surface area contributed by atoms with Crippen LogP contribution in [0.2, 0.25) is 5.02 Å². The average molecular weight is 401 g/mol. The minimum absolute atomic E-state index is 0.00994. The van der Waals surface area contributed by atoms with Crippen LogP contribution < -0.4 is 10.0 Å². The molecule has 1 amide bonds. The molecule has 0 unspecified atom stereocenters. The zero-order valence-electron chi connectivity index (χ0n) is 14.1. The molecule has 136 valence electrons. The summed E-state index contributed by atoms with van der Waals surface area (Å²) in [6, 6.07) is 6.53. The van der Waals surface area contributed by atoms with Gasteiger partial charge in [0.1, 0.15) is 0 Å². The van der Waals surface area contributed by atoms with E-state index < -0.39 is 10.0 Å². The van der Waals surface area contributed by atoms with Crippen molar-refractivity contribution in [1.29, 1.82) is 0 Å². The Labute approximate surface area is 157 Å². The Morgan fingerprint density at radius 3 is 2.76 bits per heavy atom. The molecule has 0 saturated carbocycles. The van der Waals surface area contributed by atoms with Gasteiger partial charge >= 0.3 is 0 Å². The smallest absolute Gasteiger partial charge is 0.262 e. The third kappa shape index (κ3) is 5.20. The highest BCUT2D eigenvalue weighted by molar-refractivity contribution is 7.92. The summed E-state index contributed by atoms with van der Waals surface area (Å²) in [4.78, 5) is 12.5. The maximum absolute atomic E-state index is 12.7. The van der Waals surface area contributed by atoms with E-state index in [1.54, 1.807) is 25.1 Å². The number of carbonyl (C=O) groups excluding carboxylic acids is 1. The molecule has 25 heavy (non-hydrogen) atoms. The Bertz CT molecular complexity index is 847. The number of benzene rings is 1. The van der Waals surface area contributed by atoms with Gasteiger partial charge in [0.05, 0.1) is 10.6 Å². The summed E-state index contributed by atoms with van der Waals surface area (Å²) in [6.45, 7) is 4.10. The Morgan fingerprint density at radius 2 is 2.04 bits per heavy atom. The molecule has 1 aromatic heterocycles. The Hall–Kier alpha value is -1.57. The zero-order valence-corrected chi connectivity index (χ0v) is 16.5. The van der Waals surface area contributed by atoms with Crippen molar-refractivity contribution in [2.24, 2.45) is 0 Å². The minimum Gasteiger partial charge on any atom is -0.356 e. The second-order valence-electron chi connectivity index (χ2n) is 5.58. The van der Waals surface area contributed by atoms with Crippen molar-refractivity contribution in [3.05, 3.63) is 45.1 Å². The predicted molar refractivity (Wildman–Crippen MR) is 103 cm³/mol. The predicted octanol–water partition coefficient (Wildman–Crippen LogP) is 3.97. The SMILES string of the molecule is CCCC(=O)NCCc1sccc1NS(=O)(=O)c1cccc(Cl)c1C. The van der Waals surface area contributed by atoms with Gasteiger partial charge in [0.25, 0.3) is 10.0 Å². The lowest BCUT2D eigenvalue weighted by molar-refractivity contribution is -0.121. The number of sulfonamides is 1. The third-order valence-electron chi connectivity index (χ3n) is 3.65. The molecule has 0 aliphatic rings. The molecular weight excluding hydrogens is 380 g/mol. The van der Waals surface area contributed by atoms with Gasteiger partial charge in [0.15, 0.2) is 0 Å². The van der Waals surface area contributed by atoms with E-state index in [-0.39, 0.29) is 10.8 Å².